The Morgan fingerprint density at radius 2 is 1.80 bits per heavy atom. The maximum atomic E-state index is 12.5. The number of aryl methyl sites for hydroxylation is 1. The molecule has 0 amide bonds. The molecule has 0 aliphatic rings. The molecule has 0 bridgehead atoms. The van der Waals surface area contributed by atoms with E-state index in [1.165, 1.54) is 0 Å². The number of rotatable bonds is 8. The molecule has 6 aromatic rings. The Kier molecular flexibility index (Phi) is 8.36. The quantitative estimate of drug-likeness (QED) is 0.287. The molecule has 0 spiro atoms. The van der Waals surface area contributed by atoms with E-state index in [1.807, 2.05) is 90.3 Å². The van der Waals surface area contributed by atoms with Crippen molar-refractivity contribution in [3.8, 4) is 11.3 Å². The minimum absolute atomic E-state index is 0. The third-order valence-corrected chi connectivity index (χ3v) is 7.55. The second-order valence-electron chi connectivity index (χ2n) is 10.7. The molecular weight excluding hydrogens is 523 g/mol. The molecule has 1 unspecified atom stereocenters. The molecule has 0 saturated carbocycles. The maximum absolute atomic E-state index is 12.5. The van der Waals surface area contributed by atoms with Gasteiger partial charge in [0.25, 0.3) is 0 Å². The average Bonchev–Trinajstić information content (AvgIpc) is 3.46. The van der Waals surface area contributed by atoms with Crippen molar-refractivity contribution in [2.45, 2.75) is 26.0 Å². The first kappa shape index (κ1) is 29.0. The van der Waals surface area contributed by atoms with Gasteiger partial charge in [0.05, 0.1) is 23.5 Å². The number of benzene rings is 3. The van der Waals surface area contributed by atoms with E-state index in [0.29, 0.717) is 36.2 Å². The van der Waals surface area contributed by atoms with Crippen LogP contribution in [-0.2, 0) is 13.0 Å². The van der Waals surface area contributed by atoms with Gasteiger partial charge in [-0.25, -0.2) is 4.98 Å². The summed E-state index contributed by atoms with van der Waals surface area (Å²) in [6, 6.07) is 23.3. The van der Waals surface area contributed by atoms with Gasteiger partial charge < -0.3 is 28.9 Å². The molecule has 0 aliphatic carbocycles. The number of carboxylic acids is 1. The third kappa shape index (κ3) is 5.44. The fourth-order valence-electron chi connectivity index (χ4n) is 5.92. The third-order valence-electron chi connectivity index (χ3n) is 7.55. The molecule has 0 aliphatic heterocycles. The topological polar surface area (TPSA) is 85.8 Å². The largest absolute Gasteiger partial charge is 1.00 e. The van der Waals surface area contributed by atoms with Crippen molar-refractivity contribution in [1.29, 1.82) is 0 Å². The zero-order valence-corrected chi connectivity index (χ0v) is 25.8. The predicted octanol–water partition coefficient (Wildman–Crippen LogP) is 1.30. The van der Waals surface area contributed by atoms with E-state index in [2.05, 4.69) is 29.8 Å². The van der Waals surface area contributed by atoms with Gasteiger partial charge in [-0.3, -0.25) is 0 Å². The molecule has 202 valence electrons. The first-order valence-corrected chi connectivity index (χ1v) is 13.4. The number of aliphatic hydroxyl groups excluding tert-OH is 1. The Morgan fingerprint density at radius 3 is 2.59 bits per heavy atom. The van der Waals surface area contributed by atoms with Gasteiger partial charge in [-0.15, -0.1) is 0 Å². The zero-order valence-electron chi connectivity index (χ0n) is 23.8. The number of nitrogens with zero attached hydrogens (tertiary/aromatic N) is 4. The summed E-state index contributed by atoms with van der Waals surface area (Å²) in [5.41, 5.74) is 6.24. The number of likely N-dealkylation sites (N-methyl/N-ethyl adjacent to an activating group) is 1. The Bertz CT molecular complexity index is 1890. The van der Waals surface area contributed by atoms with Gasteiger partial charge in [0.15, 0.2) is 0 Å². The molecule has 3 aromatic carbocycles. The average molecular weight is 555 g/mol. The van der Waals surface area contributed by atoms with E-state index in [9.17, 15) is 15.0 Å². The molecule has 1 atom stereocenters. The van der Waals surface area contributed by atoms with Crippen molar-refractivity contribution in [1.82, 2.24) is 18.9 Å². The summed E-state index contributed by atoms with van der Waals surface area (Å²) in [7, 11) is 3.90. The Hall–Kier alpha value is -3.46. The van der Waals surface area contributed by atoms with Gasteiger partial charge in [0, 0.05) is 53.9 Å². The van der Waals surface area contributed by atoms with Crippen LogP contribution in [0.3, 0.4) is 0 Å². The zero-order chi connectivity index (χ0) is 28.0. The predicted molar refractivity (Wildman–Crippen MR) is 157 cm³/mol. The molecule has 0 saturated heterocycles. The summed E-state index contributed by atoms with van der Waals surface area (Å²) in [6.07, 6.45) is 4.09. The van der Waals surface area contributed by atoms with Crippen LogP contribution in [0.4, 0.5) is 0 Å². The van der Waals surface area contributed by atoms with Crippen molar-refractivity contribution in [3.05, 3.63) is 108 Å². The van der Waals surface area contributed by atoms with E-state index in [1.54, 1.807) is 0 Å². The first-order chi connectivity index (χ1) is 19.3. The van der Waals surface area contributed by atoms with E-state index >= 15 is 0 Å². The normalized spacial score (nSPS) is 12.3. The van der Waals surface area contributed by atoms with Crippen LogP contribution in [0.2, 0.25) is 0 Å². The van der Waals surface area contributed by atoms with E-state index < -0.39 is 12.1 Å². The van der Waals surface area contributed by atoms with Crippen LogP contribution in [0.5, 0.6) is 0 Å². The Labute approximate surface area is 261 Å². The van der Waals surface area contributed by atoms with Gasteiger partial charge in [0.1, 0.15) is 5.65 Å². The molecule has 41 heavy (non-hydrogen) atoms. The van der Waals surface area contributed by atoms with Crippen LogP contribution in [0, 0.1) is 6.92 Å². The fourth-order valence-corrected chi connectivity index (χ4v) is 5.92. The van der Waals surface area contributed by atoms with Crippen LogP contribution in [0.25, 0.3) is 38.6 Å². The van der Waals surface area contributed by atoms with Gasteiger partial charge in [-0.1, -0.05) is 54.6 Å². The number of fused-ring (bicyclic) bond motifs is 3. The number of aromatic nitrogens is 3. The fraction of sp³-hybridized carbons (Fsp3) is 0.212. The number of carbonyl (C=O) groups is 1. The van der Waals surface area contributed by atoms with E-state index in [4.69, 9.17) is 4.98 Å². The van der Waals surface area contributed by atoms with Crippen molar-refractivity contribution in [2.24, 2.45) is 0 Å². The standard InChI is InChI=1S/C33H32N4O3.Na/c1-21-9-8-12-27-30(21)23(18-36(27)20-24(38)19-35(2)3)17-28-32(34-29-13-6-7-16-37(28)29)26-15-14-22-10-4-5-11-25(22)31(26)33(39)40;/h4-16,18,24,38H,17,19-20H2,1-3H3,(H,39,40);/q;+1/p-1. The minimum atomic E-state index is -1.22. The Morgan fingerprint density at radius 1 is 1.02 bits per heavy atom. The second kappa shape index (κ2) is 11.8. The number of imidazole rings is 1. The summed E-state index contributed by atoms with van der Waals surface area (Å²) in [6.45, 7) is 3.13. The van der Waals surface area contributed by atoms with Gasteiger partial charge in [-0.05, 0) is 61.1 Å². The van der Waals surface area contributed by atoms with Crippen LogP contribution in [-0.4, -0.2) is 56.7 Å². The van der Waals surface area contributed by atoms with Crippen molar-refractivity contribution < 1.29 is 44.6 Å². The van der Waals surface area contributed by atoms with Crippen LogP contribution < -0.4 is 34.7 Å². The molecular formula is C33H31N4NaO3. The number of carbonyl (C=O) groups excluding carboxylic acids is 1. The first-order valence-electron chi connectivity index (χ1n) is 13.4. The van der Waals surface area contributed by atoms with Crippen molar-refractivity contribution >= 4 is 33.3 Å². The summed E-state index contributed by atoms with van der Waals surface area (Å²) in [5.74, 6) is -1.22. The van der Waals surface area contributed by atoms with E-state index in [0.717, 1.165) is 38.8 Å². The van der Waals surface area contributed by atoms with E-state index in [-0.39, 0.29) is 35.1 Å². The number of hydrogen-bond acceptors (Lipinski definition) is 5. The molecule has 6 rings (SSSR count). The van der Waals surface area contributed by atoms with Crippen molar-refractivity contribution in [2.75, 3.05) is 20.6 Å². The minimum Gasteiger partial charge on any atom is -0.545 e. The summed E-state index contributed by atoms with van der Waals surface area (Å²) in [4.78, 5) is 19.4. The smallest absolute Gasteiger partial charge is 0.545 e. The number of carboxylic acid groups (broad SMARTS) is 1. The number of aliphatic hydroxyl groups is 1. The van der Waals surface area contributed by atoms with Gasteiger partial charge >= 0.3 is 29.6 Å². The number of hydrogen-bond donors (Lipinski definition) is 1. The molecule has 3 aromatic heterocycles. The van der Waals surface area contributed by atoms with Crippen LogP contribution >= 0.6 is 0 Å². The van der Waals surface area contributed by atoms with Gasteiger partial charge in [0.2, 0.25) is 0 Å². The molecule has 7 nitrogen and oxygen atoms in total. The summed E-state index contributed by atoms with van der Waals surface area (Å²) in [5, 5.41) is 25.9. The molecule has 0 fully saturated rings. The molecule has 0 radical (unpaired) electrons. The maximum Gasteiger partial charge on any atom is 1.00 e. The van der Waals surface area contributed by atoms with Gasteiger partial charge in [-0.2, -0.15) is 0 Å². The molecule has 3 heterocycles. The van der Waals surface area contributed by atoms with Crippen LogP contribution in [0.1, 0.15) is 27.2 Å². The number of pyridine rings is 1. The van der Waals surface area contributed by atoms with Crippen molar-refractivity contribution in [3.63, 3.8) is 0 Å². The molecule has 8 heteroatoms. The van der Waals surface area contributed by atoms with Crippen LogP contribution in [0.15, 0.2) is 85.2 Å². The summed E-state index contributed by atoms with van der Waals surface area (Å²) >= 11 is 0. The SMILES string of the molecule is Cc1cccc2c1c(Cc1c(-c3ccc4ccccc4c3C(=O)[O-])nc3ccccn13)cn2CC(O)CN(C)C.[Na+]. The summed E-state index contributed by atoms with van der Waals surface area (Å²) < 4.78 is 4.16. The Balaban J connectivity index is 0.00000337. The number of aromatic carboxylic acids is 1. The second-order valence-corrected chi connectivity index (χ2v) is 10.7. The monoisotopic (exact) mass is 554 g/mol. The molecule has 1 N–H and O–H groups in total.